The van der Waals surface area contributed by atoms with Crippen molar-refractivity contribution in [3.8, 4) is 5.75 Å². The highest BCUT2D eigenvalue weighted by atomic mass is 16.6. The molecule has 3 rings (SSSR count). The van der Waals surface area contributed by atoms with Gasteiger partial charge in [0.15, 0.2) is 0 Å². The average molecular weight is 319 g/mol. The fourth-order valence-electron chi connectivity index (χ4n) is 3.17. The number of hydrogen-bond donors (Lipinski definition) is 1. The van der Waals surface area contributed by atoms with Crippen LogP contribution in [0.2, 0.25) is 0 Å². The van der Waals surface area contributed by atoms with Gasteiger partial charge in [-0.1, -0.05) is 0 Å². The number of carbonyl (C=O) groups excluding carboxylic acids is 1. The standard InChI is InChI=1S/C17H25N3O3/c1-11-7-12(18)8-14-15(11)22-10-13-9-19(5-6-20(13)14)16(21)23-17(2,3)4/h7-8,13H,5-6,9-10,18H2,1-4H3/t13-/m1/s1. The molecule has 2 heterocycles. The molecule has 1 aromatic rings. The van der Waals surface area contributed by atoms with Crippen molar-refractivity contribution in [2.75, 3.05) is 36.9 Å². The second-order valence-electron chi connectivity index (χ2n) is 7.27. The molecule has 0 aliphatic carbocycles. The first-order chi connectivity index (χ1) is 10.7. The van der Waals surface area contributed by atoms with Crippen molar-refractivity contribution in [3.05, 3.63) is 17.7 Å². The Hall–Kier alpha value is -2.11. The molecule has 1 aromatic carbocycles. The Bertz CT molecular complexity index is 624. The van der Waals surface area contributed by atoms with Gasteiger partial charge in [0.2, 0.25) is 0 Å². The molecule has 2 aliphatic heterocycles. The lowest BCUT2D eigenvalue weighted by Gasteiger charge is -2.45. The molecule has 0 radical (unpaired) electrons. The monoisotopic (exact) mass is 319 g/mol. The Labute approximate surface area is 137 Å². The van der Waals surface area contributed by atoms with E-state index in [0.717, 1.165) is 29.2 Å². The van der Waals surface area contributed by atoms with Gasteiger partial charge in [0.25, 0.3) is 0 Å². The predicted octanol–water partition coefficient (Wildman–Crippen LogP) is 2.40. The lowest BCUT2D eigenvalue weighted by atomic mass is 10.1. The molecule has 1 atom stereocenters. The third-order valence-electron chi connectivity index (χ3n) is 4.14. The van der Waals surface area contributed by atoms with Crippen LogP contribution >= 0.6 is 0 Å². The Balaban J connectivity index is 1.76. The van der Waals surface area contributed by atoms with Crippen molar-refractivity contribution in [2.45, 2.75) is 39.3 Å². The van der Waals surface area contributed by atoms with Crippen LogP contribution in [0.3, 0.4) is 0 Å². The number of ether oxygens (including phenoxy) is 2. The average Bonchev–Trinajstić information content (AvgIpc) is 2.44. The van der Waals surface area contributed by atoms with E-state index in [1.807, 2.05) is 39.8 Å². The Kier molecular flexibility index (Phi) is 3.78. The Morgan fingerprint density at radius 2 is 2.09 bits per heavy atom. The molecule has 0 bridgehead atoms. The van der Waals surface area contributed by atoms with Crippen molar-refractivity contribution in [1.82, 2.24) is 4.90 Å². The van der Waals surface area contributed by atoms with Crippen LogP contribution in [0.4, 0.5) is 16.2 Å². The van der Waals surface area contributed by atoms with Crippen LogP contribution in [0.1, 0.15) is 26.3 Å². The smallest absolute Gasteiger partial charge is 0.410 e. The zero-order valence-corrected chi connectivity index (χ0v) is 14.3. The van der Waals surface area contributed by atoms with E-state index in [4.69, 9.17) is 15.2 Å². The number of nitrogen functional groups attached to an aromatic ring is 1. The van der Waals surface area contributed by atoms with E-state index in [1.54, 1.807) is 4.90 Å². The second kappa shape index (κ2) is 5.51. The summed E-state index contributed by atoms with van der Waals surface area (Å²) in [5.74, 6) is 0.904. The highest BCUT2D eigenvalue weighted by Gasteiger charge is 2.36. The third-order valence-corrected chi connectivity index (χ3v) is 4.14. The largest absolute Gasteiger partial charge is 0.489 e. The molecule has 1 saturated heterocycles. The molecule has 2 aliphatic rings. The number of piperazine rings is 1. The number of anilines is 2. The van der Waals surface area contributed by atoms with Gasteiger partial charge < -0.3 is 25.0 Å². The van der Waals surface area contributed by atoms with Crippen molar-refractivity contribution >= 4 is 17.5 Å². The van der Waals surface area contributed by atoms with Crippen LogP contribution in [0.5, 0.6) is 5.75 Å². The lowest BCUT2D eigenvalue weighted by molar-refractivity contribution is 0.0194. The van der Waals surface area contributed by atoms with Gasteiger partial charge in [0.1, 0.15) is 18.0 Å². The van der Waals surface area contributed by atoms with Gasteiger partial charge in [-0.05, 0) is 45.4 Å². The zero-order chi connectivity index (χ0) is 16.8. The van der Waals surface area contributed by atoms with Gasteiger partial charge in [0, 0.05) is 25.3 Å². The van der Waals surface area contributed by atoms with E-state index in [2.05, 4.69) is 4.90 Å². The van der Waals surface area contributed by atoms with Crippen LogP contribution in [-0.2, 0) is 4.74 Å². The van der Waals surface area contributed by atoms with E-state index in [0.29, 0.717) is 19.7 Å². The minimum absolute atomic E-state index is 0.130. The summed E-state index contributed by atoms with van der Waals surface area (Å²) in [5.41, 5.74) is 8.32. The highest BCUT2D eigenvalue weighted by Crippen LogP contribution is 2.39. The van der Waals surface area contributed by atoms with Gasteiger partial charge in [-0.3, -0.25) is 0 Å². The molecular formula is C17H25N3O3. The minimum Gasteiger partial charge on any atom is -0.489 e. The highest BCUT2D eigenvalue weighted by molar-refractivity contribution is 5.72. The molecular weight excluding hydrogens is 294 g/mol. The zero-order valence-electron chi connectivity index (χ0n) is 14.3. The molecule has 0 aromatic heterocycles. The molecule has 1 amide bonds. The van der Waals surface area contributed by atoms with Crippen LogP contribution in [0.25, 0.3) is 0 Å². The second-order valence-corrected chi connectivity index (χ2v) is 7.27. The van der Waals surface area contributed by atoms with Gasteiger partial charge in [-0.25, -0.2) is 4.79 Å². The molecule has 0 spiro atoms. The quantitative estimate of drug-likeness (QED) is 0.744. The minimum atomic E-state index is -0.477. The first-order valence-corrected chi connectivity index (χ1v) is 8.02. The topological polar surface area (TPSA) is 68.0 Å². The summed E-state index contributed by atoms with van der Waals surface area (Å²) in [6.45, 7) is 10.2. The molecule has 2 N–H and O–H groups in total. The first kappa shape index (κ1) is 15.8. The maximum Gasteiger partial charge on any atom is 0.410 e. The van der Waals surface area contributed by atoms with E-state index in [1.165, 1.54) is 0 Å². The maximum atomic E-state index is 12.3. The molecule has 126 valence electrons. The van der Waals surface area contributed by atoms with Gasteiger partial charge in [0.05, 0.1) is 11.7 Å². The van der Waals surface area contributed by atoms with Crippen molar-refractivity contribution in [1.29, 1.82) is 0 Å². The van der Waals surface area contributed by atoms with Crippen LogP contribution in [-0.4, -0.2) is 48.9 Å². The molecule has 6 heteroatoms. The maximum absolute atomic E-state index is 12.3. The number of nitrogens with zero attached hydrogens (tertiary/aromatic N) is 2. The molecule has 0 saturated carbocycles. The number of rotatable bonds is 0. The summed E-state index contributed by atoms with van der Waals surface area (Å²) in [7, 11) is 0. The fourth-order valence-corrected chi connectivity index (χ4v) is 3.17. The van der Waals surface area contributed by atoms with Gasteiger partial charge in [-0.2, -0.15) is 0 Å². The number of aryl methyl sites for hydroxylation is 1. The number of hydrogen-bond acceptors (Lipinski definition) is 5. The first-order valence-electron chi connectivity index (χ1n) is 8.02. The number of carbonyl (C=O) groups is 1. The van der Waals surface area contributed by atoms with Gasteiger partial charge in [-0.15, -0.1) is 0 Å². The number of benzene rings is 1. The summed E-state index contributed by atoms with van der Waals surface area (Å²) in [4.78, 5) is 16.3. The van der Waals surface area contributed by atoms with Gasteiger partial charge >= 0.3 is 6.09 Å². The Morgan fingerprint density at radius 1 is 1.35 bits per heavy atom. The van der Waals surface area contributed by atoms with Crippen molar-refractivity contribution < 1.29 is 14.3 Å². The molecule has 1 fully saturated rings. The van der Waals surface area contributed by atoms with Crippen LogP contribution in [0, 0.1) is 6.92 Å². The number of fused-ring (bicyclic) bond motifs is 3. The summed E-state index contributed by atoms with van der Waals surface area (Å²) in [6, 6.07) is 4.01. The lowest BCUT2D eigenvalue weighted by Crippen LogP contribution is -2.59. The normalized spacial score (nSPS) is 20.4. The number of nitrogens with two attached hydrogens (primary N) is 1. The third kappa shape index (κ3) is 3.16. The predicted molar refractivity (Wildman–Crippen MR) is 90.0 cm³/mol. The van der Waals surface area contributed by atoms with E-state index >= 15 is 0 Å². The van der Waals surface area contributed by atoms with E-state index in [-0.39, 0.29) is 12.1 Å². The fraction of sp³-hybridized carbons (Fsp3) is 0.588. The van der Waals surface area contributed by atoms with Crippen LogP contribution in [0.15, 0.2) is 12.1 Å². The molecule has 6 nitrogen and oxygen atoms in total. The Morgan fingerprint density at radius 3 is 2.78 bits per heavy atom. The van der Waals surface area contributed by atoms with Crippen LogP contribution < -0.4 is 15.4 Å². The summed E-state index contributed by atoms with van der Waals surface area (Å²) < 4.78 is 11.4. The summed E-state index contributed by atoms with van der Waals surface area (Å²) >= 11 is 0. The van der Waals surface area contributed by atoms with E-state index < -0.39 is 5.60 Å². The van der Waals surface area contributed by atoms with E-state index in [9.17, 15) is 4.79 Å². The summed E-state index contributed by atoms with van der Waals surface area (Å²) in [6.07, 6.45) is -0.258. The SMILES string of the molecule is Cc1cc(N)cc2c1OC[C@H]1CN(C(=O)OC(C)(C)C)CCN21. The summed E-state index contributed by atoms with van der Waals surface area (Å²) in [5, 5.41) is 0. The molecule has 23 heavy (non-hydrogen) atoms. The molecule has 0 unspecified atom stereocenters. The van der Waals surface area contributed by atoms with Crippen molar-refractivity contribution in [3.63, 3.8) is 0 Å². The van der Waals surface area contributed by atoms with Crippen molar-refractivity contribution in [2.24, 2.45) is 0 Å². The number of amides is 1.